The maximum Gasteiger partial charge on any atom is 1.00 e. The zero-order valence-corrected chi connectivity index (χ0v) is 9.58. The quantitative estimate of drug-likeness (QED) is 0.251. The molecule has 4 nitrogen and oxygen atoms in total. The predicted molar refractivity (Wildman–Crippen MR) is 40.1 cm³/mol. The van der Waals surface area contributed by atoms with Gasteiger partial charge in [0.2, 0.25) is 0 Å². The summed E-state index contributed by atoms with van der Waals surface area (Å²) in [6.45, 7) is 1.96. The SMILES string of the molecule is CCCCCC(O)(O)C(=O)O.[H-].[Na+]. The number of carboxylic acid groups (broad SMARTS) is 1. The van der Waals surface area contributed by atoms with Crippen molar-refractivity contribution in [2.75, 3.05) is 0 Å². The molecule has 3 N–H and O–H groups in total. The van der Waals surface area contributed by atoms with Crippen LogP contribution in [-0.4, -0.2) is 27.1 Å². The van der Waals surface area contributed by atoms with Crippen LogP contribution in [0.15, 0.2) is 0 Å². The summed E-state index contributed by atoms with van der Waals surface area (Å²) in [5, 5.41) is 25.8. The van der Waals surface area contributed by atoms with Gasteiger partial charge in [-0.25, -0.2) is 4.79 Å². The van der Waals surface area contributed by atoms with Crippen molar-refractivity contribution >= 4 is 5.97 Å². The van der Waals surface area contributed by atoms with Crippen LogP contribution >= 0.6 is 0 Å². The maximum absolute atomic E-state index is 10.1. The third kappa shape index (κ3) is 5.97. The average Bonchev–Trinajstić information content (AvgIpc) is 1.88. The summed E-state index contributed by atoms with van der Waals surface area (Å²) in [6, 6.07) is 0. The summed E-state index contributed by atoms with van der Waals surface area (Å²) < 4.78 is 0. The molecule has 0 rings (SSSR count). The van der Waals surface area contributed by atoms with Crippen molar-refractivity contribution in [2.24, 2.45) is 0 Å². The summed E-state index contributed by atoms with van der Waals surface area (Å²) in [5.74, 6) is -4.11. The van der Waals surface area contributed by atoms with Gasteiger partial charge in [-0.1, -0.05) is 19.8 Å². The molecule has 0 saturated heterocycles. The molecule has 0 bridgehead atoms. The van der Waals surface area contributed by atoms with E-state index in [9.17, 15) is 4.79 Å². The number of carboxylic acids is 1. The monoisotopic (exact) mass is 186 g/mol. The van der Waals surface area contributed by atoms with Crippen LogP contribution in [0.1, 0.15) is 34.0 Å². The Balaban J connectivity index is -0.000000500. The van der Waals surface area contributed by atoms with Gasteiger partial charge < -0.3 is 16.7 Å². The first kappa shape index (κ1) is 14.9. The Labute approximate surface area is 95.4 Å². The van der Waals surface area contributed by atoms with E-state index in [0.29, 0.717) is 6.42 Å². The third-order valence-electron chi connectivity index (χ3n) is 1.47. The van der Waals surface area contributed by atoms with Gasteiger partial charge in [0.05, 0.1) is 0 Å². The molecule has 0 aliphatic heterocycles. The molecular weight excluding hydrogens is 171 g/mol. The molecule has 0 heterocycles. The van der Waals surface area contributed by atoms with E-state index in [4.69, 9.17) is 15.3 Å². The molecule has 0 spiro atoms. The Hall–Kier alpha value is 0.390. The van der Waals surface area contributed by atoms with Crippen molar-refractivity contribution in [1.82, 2.24) is 0 Å². The Bertz CT molecular complexity index is 140. The van der Waals surface area contributed by atoms with Crippen molar-refractivity contribution in [3.05, 3.63) is 0 Å². The molecule has 0 aromatic carbocycles. The molecule has 0 aromatic rings. The second-order valence-electron chi connectivity index (χ2n) is 2.58. The van der Waals surface area contributed by atoms with Gasteiger partial charge in [-0.3, -0.25) is 0 Å². The standard InChI is InChI=1S/C7H14O4.Na.H/c1-2-3-4-5-7(10,11)6(8)9;;/h10-11H,2-5H2,1H3,(H,8,9);;/q;+1;-1. The first-order valence-electron chi connectivity index (χ1n) is 3.69. The molecule has 0 atom stereocenters. The maximum atomic E-state index is 10.1. The Morgan fingerprint density at radius 2 is 1.92 bits per heavy atom. The van der Waals surface area contributed by atoms with Gasteiger partial charge in [-0.2, -0.15) is 0 Å². The van der Waals surface area contributed by atoms with E-state index in [0.717, 1.165) is 12.8 Å². The van der Waals surface area contributed by atoms with Crippen molar-refractivity contribution in [1.29, 1.82) is 0 Å². The molecule has 0 aromatic heterocycles. The number of hydrogen-bond acceptors (Lipinski definition) is 3. The van der Waals surface area contributed by atoms with Crippen LogP contribution < -0.4 is 29.6 Å². The molecule has 12 heavy (non-hydrogen) atoms. The van der Waals surface area contributed by atoms with Gasteiger partial charge >= 0.3 is 35.5 Å². The molecular formula is C7H15NaO4. The van der Waals surface area contributed by atoms with Crippen LogP contribution in [0.25, 0.3) is 0 Å². The zero-order valence-electron chi connectivity index (χ0n) is 8.58. The first-order valence-corrected chi connectivity index (χ1v) is 3.69. The normalized spacial score (nSPS) is 10.6. The third-order valence-corrected chi connectivity index (χ3v) is 1.47. The fourth-order valence-corrected chi connectivity index (χ4v) is 0.728. The van der Waals surface area contributed by atoms with Gasteiger partial charge in [0.25, 0.3) is 5.79 Å². The minimum atomic E-state index is -2.53. The average molecular weight is 186 g/mol. The van der Waals surface area contributed by atoms with Gasteiger partial charge in [-0.05, 0) is 6.42 Å². The summed E-state index contributed by atoms with van der Waals surface area (Å²) in [7, 11) is 0. The van der Waals surface area contributed by atoms with Crippen LogP contribution in [0.5, 0.6) is 0 Å². The molecule has 68 valence electrons. The van der Waals surface area contributed by atoms with E-state index in [1.807, 2.05) is 6.92 Å². The van der Waals surface area contributed by atoms with E-state index in [-0.39, 0.29) is 37.4 Å². The summed E-state index contributed by atoms with van der Waals surface area (Å²) in [4.78, 5) is 10.1. The molecule has 0 amide bonds. The summed E-state index contributed by atoms with van der Waals surface area (Å²) >= 11 is 0. The summed E-state index contributed by atoms with van der Waals surface area (Å²) in [5.41, 5.74) is 0. The van der Waals surface area contributed by atoms with Gasteiger partial charge in [0.1, 0.15) is 0 Å². The van der Waals surface area contributed by atoms with Crippen molar-refractivity contribution in [3.63, 3.8) is 0 Å². The minimum absolute atomic E-state index is 0. The molecule has 5 heteroatoms. The fourth-order valence-electron chi connectivity index (χ4n) is 0.728. The number of unbranched alkanes of at least 4 members (excludes halogenated alkanes) is 2. The predicted octanol–water partition coefficient (Wildman–Crippen LogP) is -2.55. The second-order valence-corrected chi connectivity index (χ2v) is 2.58. The van der Waals surface area contributed by atoms with E-state index >= 15 is 0 Å². The fraction of sp³-hybridized carbons (Fsp3) is 0.857. The smallest absolute Gasteiger partial charge is 1.00 e. The van der Waals surface area contributed by atoms with Crippen LogP contribution in [-0.2, 0) is 4.79 Å². The van der Waals surface area contributed by atoms with Gasteiger partial charge in [-0.15, -0.1) is 0 Å². The van der Waals surface area contributed by atoms with Gasteiger partial charge in [0.15, 0.2) is 0 Å². The Morgan fingerprint density at radius 3 is 2.25 bits per heavy atom. The van der Waals surface area contributed by atoms with Crippen LogP contribution in [0.3, 0.4) is 0 Å². The topological polar surface area (TPSA) is 77.8 Å². The van der Waals surface area contributed by atoms with E-state index in [1.165, 1.54) is 0 Å². The number of aliphatic hydroxyl groups is 2. The number of hydrogen-bond donors (Lipinski definition) is 3. The first-order chi connectivity index (χ1) is 5.00. The van der Waals surface area contributed by atoms with Gasteiger partial charge in [0, 0.05) is 6.42 Å². The molecule has 0 radical (unpaired) electrons. The molecule has 0 unspecified atom stereocenters. The molecule has 0 fully saturated rings. The molecule has 0 saturated carbocycles. The largest absolute Gasteiger partial charge is 1.00 e. The van der Waals surface area contributed by atoms with Crippen molar-refractivity contribution in [2.45, 2.75) is 38.4 Å². The minimum Gasteiger partial charge on any atom is -1.00 e. The van der Waals surface area contributed by atoms with Crippen LogP contribution in [0.2, 0.25) is 0 Å². The van der Waals surface area contributed by atoms with Crippen LogP contribution in [0.4, 0.5) is 0 Å². The second kappa shape index (κ2) is 6.86. The van der Waals surface area contributed by atoms with Crippen molar-refractivity contribution < 1.29 is 51.1 Å². The summed E-state index contributed by atoms with van der Waals surface area (Å²) in [6.07, 6.45) is 2.16. The zero-order chi connectivity index (χ0) is 8.91. The van der Waals surface area contributed by atoms with E-state index in [1.54, 1.807) is 0 Å². The van der Waals surface area contributed by atoms with E-state index < -0.39 is 11.8 Å². The van der Waals surface area contributed by atoms with E-state index in [2.05, 4.69) is 0 Å². The van der Waals surface area contributed by atoms with Crippen molar-refractivity contribution in [3.8, 4) is 0 Å². The van der Waals surface area contributed by atoms with Crippen LogP contribution in [0, 0.1) is 0 Å². The number of carbonyl (C=O) groups is 1. The number of rotatable bonds is 5. The number of aliphatic carboxylic acids is 1. The molecule has 0 aliphatic carbocycles. The Morgan fingerprint density at radius 1 is 1.42 bits per heavy atom. The Kier molecular flexibility index (Phi) is 8.51. The molecule has 0 aliphatic rings.